The molecule has 0 unspecified atom stereocenters. The molecule has 6 nitrogen and oxygen atoms in total. The van der Waals surface area contributed by atoms with Crippen molar-refractivity contribution >= 4 is 5.91 Å². The number of H-pyrrole nitrogens is 1. The minimum Gasteiger partial charge on any atom is -0.497 e. The van der Waals surface area contributed by atoms with Crippen molar-refractivity contribution in [1.29, 1.82) is 0 Å². The number of nitrogens with zero attached hydrogens (tertiary/aromatic N) is 2. The molecule has 3 rings (SSSR count). The first-order chi connectivity index (χ1) is 12.1. The summed E-state index contributed by atoms with van der Waals surface area (Å²) in [6.07, 6.45) is 0.180. The minimum atomic E-state index is -0.322. The molecule has 0 aliphatic rings. The molecule has 0 spiro atoms. The molecule has 2 aromatic carbocycles. The second-order valence-electron chi connectivity index (χ2n) is 5.41. The summed E-state index contributed by atoms with van der Waals surface area (Å²) in [6.45, 7) is 0.239. The van der Waals surface area contributed by atoms with E-state index in [0.29, 0.717) is 11.6 Å². The number of amides is 1. The number of rotatable bonds is 6. The van der Waals surface area contributed by atoms with Crippen LogP contribution in [0.2, 0.25) is 0 Å². The van der Waals surface area contributed by atoms with Gasteiger partial charge in [0.1, 0.15) is 17.4 Å². The lowest BCUT2D eigenvalue weighted by molar-refractivity contribution is -0.120. The second kappa shape index (κ2) is 7.57. The first kappa shape index (κ1) is 16.6. The number of methoxy groups -OCH3 is 1. The van der Waals surface area contributed by atoms with E-state index >= 15 is 0 Å². The number of nitrogens with one attached hydrogen (secondary N) is 2. The van der Waals surface area contributed by atoms with E-state index < -0.39 is 0 Å². The summed E-state index contributed by atoms with van der Waals surface area (Å²) in [4.78, 5) is 16.3. The summed E-state index contributed by atoms with van der Waals surface area (Å²) in [6, 6.07) is 13.2. The predicted octanol–water partition coefficient (Wildman–Crippen LogP) is 2.48. The van der Waals surface area contributed by atoms with Gasteiger partial charge in [-0.15, -0.1) is 0 Å². The van der Waals surface area contributed by atoms with Crippen molar-refractivity contribution in [2.24, 2.45) is 0 Å². The number of hydrogen-bond donors (Lipinski definition) is 2. The number of benzene rings is 2. The third-order valence-corrected chi connectivity index (χ3v) is 3.61. The third-order valence-electron chi connectivity index (χ3n) is 3.61. The highest BCUT2D eigenvalue weighted by molar-refractivity contribution is 5.78. The molecule has 1 aromatic heterocycles. The molecule has 2 N–H and O–H groups in total. The molecule has 0 atom stereocenters. The topological polar surface area (TPSA) is 79.9 Å². The maximum Gasteiger partial charge on any atom is 0.224 e. The van der Waals surface area contributed by atoms with Gasteiger partial charge < -0.3 is 10.1 Å². The molecule has 7 heteroatoms. The zero-order valence-corrected chi connectivity index (χ0v) is 13.6. The van der Waals surface area contributed by atoms with E-state index in [-0.39, 0.29) is 24.7 Å². The number of aromatic nitrogens is 3. The standard InChI is InChI=1S/C18H17FN4O2/c1-25-15-8-4-13(5-9-15)18-21-16(22-23-18)11-20-17(24)10-12-2-6-14(19)7-3-12/h2-9H,10-11H2,1H3,(H,20,24)(H,21,22,23). The van der Waals surface area contributed by atoms with Crippen molar-refractivity contribution in [3.63, 3.8) is 0 Å². The Hall–Kier alpha value is -3.22. The Kier molecular flexibility index (Phi) is 5.03. The lowest BCUT2D eigenvalue weighted by Gasteiger charge is -2.03. The Balaban J connectivity index is 1.55. The highest BCUT2D eigenvalue weighted by atomic mass is 19.1. The molecule has 0 saturated carbocycles. The Labute approximate surface area is 144 Å². The Morgan fingerprint density at radius 3 is 2.56 bits per heavy atom. The van der Waals surface area contributed by atoms with Crippen molar-refractivity contribution in [3.05, 3.63) is 65.7 Å². The molecular weight excluding hydrogens is 323 g/mol. The van der Waals surface area contributed by atoms with Gasteiger partial charge in [0.2, 0.25) is 5.91 Å². The average molecular weight is 340 g/mol. The lowest BCUT2D eigenvalue weighted by atomic mass is 10.1. The van der Waals surface area contributed by atoms with Crippen LogP contribution in [0.3, 0.4) is 0 Å². The maximum absolute atomic E-state index is 12.9. The molecule has 0 aliphatic carbocycles. The number of ether oxygens (including phenoxy) is 1. The highest BCUT2D eigenvalue weighted by Gasteiger charge is 2.08. The molecule has 0 radical (unpaired) electrons. The number of carbonyl (C=O) groups excluding carboxylic acids is 1. The van der Waals surface area contributed by atoms with Gasteiger partial charge in [0.05, 0.1) is 20.1 Å². The summed E-state index contributed by atoms with van der Waals surface area (Å²) < 4.78 is 18.0. The van der Waals surface area contributed by atoms with Crippen LogP contribution in [0.5, 0.6) is 5.75 Å². The molecule has 0 bridgehead atoms. The van der Waals surface area contributed by atoms with E-state index in [0.717, 1.165) is 16.9 Å². The molecule has 0 fully saturated rings. The summed E-state index contributed by atoms with van der Waals surface area (Å²) in [5.41, 5.74) is 1.59. The highest BCUT2D eigenvalue weighted by Crippen LogP contribution is 2.18. The maximum atomic E-state index is 12.9. The van der Waals surface area contributed by atoms with Gasteiger partial charge in [-0.1, -0.05) is 12.1 Å². The van der Waals surface area contributed by atoms with Crippen LogP contribution in [0.15, 0.2) is 48.5 Å². The van der Waals surface area contributed by atoms with Gasteiger partial charge in [0, 0.05) is 5.56 Å². The molecule has 0 aliphatic heterocycles. The first-order valence-electron chi connectivity index (χ1n) is 7.71. The summed E-state index contributed by atoms with van der Waals surface area (Å²) in [7, 11) is 1.61. The van der Waals surface area contributed by atoms with E-state index in [4.69, 9.17) is 4.74 Å². The first-order valence-corrected chi connectivity index (χ1v) is 7.71. The molecule has 25 heavy (non-hydrogen) atoms. The van der Waals surface area contributed by atoms with Crippen LogP contribution in [0, 0.1) is 5.82 Å². The number of hydrogen-bond acceptors (Lipinski definition) is 4. The zero-order chi connectivity index (χ0) is 17.6. The van der Waals surface area contributed by atoms with Gasteiger partial charge in [0.25, 0.3) is 0 Å². The second-order valence-corrected chi connectivity index (χ2v) is 5.41. The minimum absolute atomic E-state index is 0.172. The van der Waals surface area contributed by atoms with E-state index in [9.17, 15) is 9.18 Å². The van der Waals surface area contributed by atoms with Crippen LogP contribution in [0.25, 0.3) is 11.4 Å². The van der Waals surface area contributed by atoms with Crippen LogP contribution in [0.4, 0.5) is 4.39 Å². The number of aromatic amines is 1. The monoisotopic (exact) mass is 340 g/mol. The third kappa shape index (κ3) is 4.41. The smallest absolute Gasteiger partial charge is 0.224 e. The fourth-order valence-electron chi connectivity index (χ4n) is 2.28. The Bertz CT molecular complexity index is 844. The quantitative estimate of drug-likeness (QED) is 0.722. The lowest BCUT2D eigenvalue weighted by Crippen LogP contribution is -2.25. The molecule has 0 saturated heterocycles. The van der Waals surface area contributed by atoms with Crippen molar-refractivity contribution in [2.75, 3.05) is 7.11 Å². The van der Waals surface area contributed by atoms with Crippen LogP contribution in [-0.4, -0.2) is 28.2 Å². The molecule has 1 amide bonds. The predicted molar refractivity (Wildman–Crippen MR) is 90.3 cm³/mol. The van der Waals surface area contributed by atoms with E-state index in [1.807, 2.05) is 24.3 Å². The molecule has 3 aromatic rings. The van der Waals surface area contributed by atoms with Crippen LogP contribution in [0.1, 0.15) is 11.4 Å². The van der Waals surface area contributed by atoms with E-state index in [1.54, 1.807) is 19.2 Å². The number of carbonyl (C=O) groups is 1. The van der Waals surface area contributed by atoms with Gasteiger partial charge in [-0.25, -0.2) is 9.37 Å². The summed E-state index contributed by atoms with van der Waals surface area (Å²) in [5.74, 6) is 1.36. The van der Waals surface area contributed by atoms with E-state index in [2.05, 4.69) is 20.5 Å². The van der Waals surface area contributed by atoms with Gasteiger partial charge in [-0.05, 0) is 42.0 Å². The largest absolute Gasteiger partial charge is 0.497 e. The molecular formula is C18H17FN4O2. The van der Waals surface area contributed by atoms with Gasteiger partial charge in [-0.2, -0.15) is 5.10 Å². The fraction of sp³-hybridized carbons (Fsp3) is 0.167. The van der Waals surface area contributed by atoms with Gasteiger partial charge in [0.15, 0.2) is 5.82 Å². The summed E-state index contributed by atoms with van der Waals surface area (Å²) in [5, 5.41) is 9.71. The van der Waals surface area contributed by atoms with Gasteiger partial charge >= 0.3 is 0 Å². The average Bonchev–Trinajstić information content (AvgIpc) is 3.11. The van der Waals surface area contributed by atoms with Crippen molar-refractivity contribution < 1.29 is 13.9 Å². The van der Waals surface area contributed by atoms with E-state index in [1.165, 1.54) is 12.1 Å². The Morgan fingerprint density at radius 1 is 1.16 bits per heavy atom. The van der Waals surface area contributed by atoms with Crippen molar-refractivity contribution in [2.45, 2.75) is 13.0 Å². The van der Waals surface area contributed by atoms with Crippen molar-refractivity contribution in [1.82, 2.24) is 20.5 Å². The summed E-state index contributed by atoms with van der Waals surface area (Å²) >= 11 is 0. The molecule has 128 valence electrons. The molecule has 1 heterocycles. The van der Waals surface area contributed by atoms with Crippen LogP contribution >= 0.6 is 0 Å². The van der Waals surface area contributed by atoms with Crippen LogP contribution < -0.4 is 10.1 Å². The normalized spacial score (nSPS) is 10.5. The Morgan fingerprint density at radius 2 is 1.88 bits per heavy atom. The van der Waals surface area contributed by atoms with Gasteiger partial charge in [-0.3, -0.25) is 9.89 Å². The van der Waals surface area contributed by atoms with Crippen LogP contribution in [-0.2, 0) is 17.8 Å². The number of halogens is 1. The fourth-order valence-corrected chi connectivity index (χ4v) is 2.28. The SMILES string of the molecule is COc1ccc(-c2n[nH]c(CNC(=O)Cc3ccc(F)cc3)n2)cc1. The van der Waals surface area contributed by atoms with Crippen molar-refractivity contribution in [3.8, 4) is 17.1 Å². The zero-order valence-electron chi connectivity index (χ0n) is 13.6.